The molecule has 3 N–H and O–H groups in total. The lowest BCUT2D eigenvalue weighted by Gasteiger charge is -2.58. The number of ketones is 1. The predicted molar refractivity (Wildman–Crippen MR) is 85.4 cm³/mol. The van der Waals surface area contributed by atoms with Crippen LogP contribution < -0.4 is 5.73 Å². The van der Waals surface area contributed by atoms with Crippen molar-refractivity contribution in [1.29, 1.82) is 0 Å². The van der Waals surface area contributed by atoms with E-state index in [1.165, 1.54) is 0 Å². The zero-order valence-corrected chi connectivity index (χ0v) is 13.7. The van der Waals surface area contributed by atoms with Crippen LogP contribution in [0.4, 0.5) is 0 Å². The Morgan fingerprint density at radius 2 is 2.05 bits per heavy atom. The minimum atomic E-state index is -0.250. The standard InChI is InChI=1S/C18H28N2O2/c1-17-6-5-11(21)7-10(17)3-4-12-13-8-15(19)20-18(13,2)9-14(22)16(12)17/h10-13,16,21H,3-9H2,1-2H3,(H2,19,20)/t10-,11-,12+,13-,16-,17+,18+/m1/s1. The average Bonchev–Trinajstić information content (AvgIpc) is 2.73. The van der Waals surface area contributed by atoms with Crippen LogP contribution in [0, 0.1) is 29.1 Å². The molecule has 122 valence electrons. The average molecular weight is 304 g/mol. The predicted octanol–water partition coefficient (Wildman–Crippen LogP) is 2.29. The second kappa shape index (κ2) is 4.56. The fourth-order valence-electron chi connectivity index (χ4n) is 6.49. The van der Waals surface area contributed by atoms with E-state index in [0.29, 0.717) is 30.0 Å². The fourth-order valence-corrected chi connectivity index (χ4v) is 6.49. The highest BCUT2D eigenvalue weighted by Crippen LogP contribution is 2.62. The van der Waals surface area contributed by atoms with Gasteiger partial charge >= 0.3 is 0 Å². The first-order valence-electron chi connectivity index (χ1n) is 8.88. The summed E-state index contributed by atoms with van der Waals surface area (Å²) in [6.45, 7) is 4.45. The van der Waals surface area contributed by atoms with Gasteiger partial charge in [0, 0.05) is 18.8 Å². The van der Waals surface area contributed by atoms with Crippen LogP contribution in [0.5, 0.6) is 0 Å². The zero-order valence-electron chi connectivity index (χ0n) is 13.7. The minimum Gasteiger partial charge on any atom is -0.393 e. The van der Waals surface area contributed by atoms with Gasteiger partial charge in [-0.05, 0) is 62.2 Å². The van der Waals surface area contributed by atoms with Gasteiger partial charge in [0.15, 0.2) is 0 Å². The van der Waals surface area contributed by atoms with E-state index >= 15 is 0 Å². The van der Waals surface area contributed by atoms with Crippen molar-refractivity contribution in [3.05, 3.63) is 0 Å². The maximum atomic E-state index is 13.1. The van der Waals surface area contributed by atoms with Gasteiger partial charge in [-0.2, -0.15) is 0 Å². The van der Waals surface area contributed by atoms with Crippen molar-refractivity contribution in [2.45, 2.75) is 70.4 Å². The SMILES string of the molecule is C[C@]12CC[C@@H](O)C[C@H]1CC[C@H]1[C@H]3CC(N)=N[C@@]3(C)CC(=O)[C@@H]12. The van der Waals surface area contributed by atoms with Crippen molar-refractivity contribution >= 4 is 11.6 Å². The number of aliphatic hydroxyl groups excluding tert-OH is 1. The quantitative estimate of drug-likeness (QED) is 0.721. The largest absolute Gasteiger partial charge is 0.393 e. The Labute approximate surface area is 132 Å². The molecule has 0 radical (unpaired) electrons. The molecule has 0 aromatic rings. The van der Waals surface area contributed by atoms with Gasteiger partial charge in [0.25, 0.3) is 0 Å². The number of nitrogens with two attached hydrogens (primary N) is 1. The molecule has 0 aromatic carbocycles. The Balaban J connectivity index is 1.69. The van der Waals surface area contributed by atoms with E-state index in [1.54, 1.807) is 0 Å². The molecule has 0 bridgehead atoms. The molecule has 0 spiro atoms. The van der Waals surface area contributed by atoms with E-state index in [1.807, 2.05) is 0 Å². The number of fused-ring (bicyclic) bond motifs is 5. The highest BCUT2D eigenvalue weighted by Gasteiger charge is 2.61. The van der Waals surface area contributed by atoms with Crippen molar-refractivity contribution in [1.82, 2.24) is 0 Å². The molecule has 0 unspecified atom stereocenters. The maximum absolute atomic E-state index is 13.1. The lowest BCUT2D eigenvalue weighted by Crippen LogP contribution is -2.58. The van der Waals surface area contributed by atoms with Crippen LogP contribution in [0.1, 0.15) is 58.8 Å². The highest BCUT2D eigenvalue weighted by molar-refractivity contribution is 5.89. The fraction of sp³-hybridized carbons (Fsp3) is 0.889. The zero-order chi connectivity index (χ0) is 15.7. The number of carbonyl (C=O) groups is 1. The second-order valence-corrected chi connectivity index (χ2v) is 8.76. The van der Waals surface area contributed by atoms with E-state index in [9.17, 15) is 9.90 Å². The second-order valence-electron chi connectivity index (χ2n) is 8.76. The first kappa shape index (κ1) is 14.7. The van der Waals surface area contributed by atoms with Gasteiger partial charge in [-0.1, -0.05) is 6.92 Å². The third-order valence-electron chi connectivity index (χ3n) is 7.52. The maximum Gasteiger partial charge on any atom is 0.139 e. The summed E-state index contributed by atoms with van der Waals surface area (Å²) in [5, 5.41) is 10.0. The number of nitrogens with zero attached hydrogens (tertiary/aromatic N) is 1. The minimum absolute atomic E-state index is 0.0813. The van der Waals surface area contributed by atoms with Gasteiger partial charge in [0.2, 0.25) is 0 Å². The number of amidine groups is 1. The van der Waals surface area contributed by atoms with Crippen LogP contribution >= 0.6 is 0 Å². The van der Waals surface area contributed by atoms with Crippen LogP contribution in [0.25, 0.3) is 0 Å². The first-order valence-corrected chi connectivity index (χ1v) is 8.88. The molecule has 1 aliphatic heterocycles. The number of carbonyl (C=O) groups excluding carboxylic acids is 1. The molecule has 4 rings (SSSR count). The number of aliphatic imine (C=N–C) groups is 1. The molecular formula is C18H28N2O2. The van der Waals surface area contributed by atoms with Crippen LogP contribution in [0.2, 0.25) is 0 Å². The normalized spacial score (nSPS) is 54.2. The molecule has 0 aromatic heterocycles. The van der Waals surface area contributed by atoms with E-state index in [0.717, 1.165) is 44.4 Å². The Morgan fingerprint density at radius 1 is 1.27 bits per heavy atom. The molecule has 4 heteroatoms. The van der Waals surface area contributed by atoms with Gasteiger partial charge in [-0.25, -0.2) is 0 Å². The summed E-state index contributed by atoms with van der Waals surface area (Å²) in [6, 6.07) is 0. The summed E-state index contributed by atoms with van der Waals surface area (Å²) in [5.41, 5.74) is 5.87. The van der Waals surface area contributed by atoms with Crippen molar-refractivity contribution in [3.8, 4) is 0 Å². The summed E-state index contributed by atoms with van der Waals surface area (Å²) in [4.78, 5) is 17.7. The Morgan fingerprint density at radius 3 is 2.82 bits per heavy atom. The van der Waals surface area contributed by atoms with E-state index in [4.69, 9.17) is 5.73 Å². The molecule has 1 heterocycles. The molecule has 4 aliphatic rings. The first-order chi connectivity index (χ1) is 10.3. The van der Waals surface area contributed by atoms with Crippen LogP contribution in [-0.2, 0) is 4.79 Å². The summed E-state index contributed by atoms with van der Waals surface area (Å²) in [7, 11) is 0. The third-order valence-corrected chi connectivity index (χ3v) is 7.52. The van der Waals surface area contributed by atoms with Gasteiger partial charge < -0.3 is 10.8 Å². The van der Waals surface area contributed by atoms with Gasteiger partial charge in [-0.15, -0.1) is 0 Å². The van der Waals surface area contributed by atoms with E-state index in [2.05, 4.69) is 18.8 Å². The summed E-state index contributed by atoms with van der Waals surface area (Å²) >= 11 is 0. The van der Waals surface area contributed by atoms with E-state index < -0.39 is 0 Å². The molecule has 3 aliphatic carbocycles. The monoisotopic (exact) mass is 304 g/mol. The number of hydrogen-bond acceptors (Lipinski definition) is 4. The summed E-state index contributed by atoms with van der Waals surface area (Å²) in [5.74, 6) is 2.70. The molecule has 0 saturated heterocycles. The van der Waals surface area contributed by atoms with Crippen molar-refractivity contribution in [3.63, 3.8) is 0 Å². The van der Waals surface area contributed by atoms with Crippen molar-refractivity contribution in [2.75, 3.05) is 0 Å². The van der Waals surface area contributed by atoms with E-state index in [-0.39, 0.29) is 23.0 Å². The Hall–Kier alpha value is -0.900. The lowest BCUT2D eigenvalue weighted by molar-refractivity contribution is -0.154. The van der Waals surface area contributed by atoms with Crippen LogP contribution in [0.3, 0.4) is 0 Å². The lowest BCUT2D eigenvalue weighted by atomic mass is 9.45. The summed E-state index contributed by atoms with van der Waals surface area (Å²) in [6.07, 6.45) is 6.24. The number of rotatable bonds is 0. The number of Topliss-reactive ketones (excluding diaryl/α,β-unsaturated/α-hetero) is 1. The molecule has 3 fully saturated rings. The van der Waals surface area contributed by atoms with Crippen molar-refractivity contribution < 1.29 is 9.90 Å². The molecule has 3 saturated carbocycles. The van der Waals surface area contributed by atoms with Crippen molar-refractivity contribution in [2.24, 2.45) is 39.8 Å². The third kappa shape index (κ3) is 1.85. The molecule has 22 heavy (non-hydrogen) atoms. The smallest absolute Gasteiger partial charge is 0.139 e. The van der Waals surface area contributed by atoms with Gasteiger partial charge in [0.05, 0.1) is 17.5 Å². The van der Waals surface area contributed by atoms with Crippen LogP contribution in [-0.4, -0.2) is 28.4 Å². The topological polar surface area (TPSA) is 75.7 Å². The highest BCUT2D eigenvalue weighted by atomic mass is 16.3. The Kier molecular flexibility index (Phi) is 3.04. The van der Waals surface area contributed by atoms with Crippen LogP contribution in [0.15, 0.2) is 4.99 Å². The van der Waals surface area contributed by atoms with Gasteiger partial charge in [-0.3, -0.25) is 9.79 Å². The number of aliphatic hydroxyl groups is 1. The van der Waals surface area contributed by atoms with Gasteiger partial charge in [0.1, 0.15) is 5.78 Å². The summed E-state index contributed by atoms with van der Waals surface area (Å²) < 4.78 is 0. The molecule has 4 nitrogen and oxygen atoms in total. The molecular weight excluding hydrogens is 276 g/mol. The Bertz CT molecular complexity index is 545. The number of hydrogen-bond donors (Lipinski definition) is 2. The molecule has 0 amide bonds. The molecule has 7 atom stereocenters.